The molecule has 0 fully saturated rings. The van der Waals surface area contributed by atoms with Gasteiger partial charge in [-0.3, -0.25) is 19.9 Å². The molecule has 1 heterocycles. The van der Waals surface area contributed by atoms with Gasteiger partial charge in [-0.1, -0.05) is 17.7 Å². The van der Waals surface area contributed by atoms with E-state index in [0.717, 1.165) is 4.90 Å². The number of benzene rings is 1. The van der Waals surface area contributed by atoms with Crippen LogP contribution in [0.1, 0.15) is 20.8 Å². The Balaban J connectivity index is 2.65. The molecule has 9 nitrogen and oxygen atoms in total. The van der Waals surface area contributed by atoms with Crippen molar-refractivity contribution in [1.29, 1.82) is 0 Å². The number of hydrogen-bond acceptors (Lipinski definition) is 5. The maximum absolute atomic E-state index is 12.8. The molecule has 0 saturated heterocycles. The Bertz CT molecular complexity index is 902. The highest BCUT2D eigenvalue weighted by atomic mass is 35.5. The van der Waals surface area contributed by atoms with Crippen LogP contribution >= 0.6 is 23.8 Å². The van der Waals surface area contributed by atoms with E-state index in [2.05, 4.69) is 0 Å². The summed E-state index contributed by atoms with van der Waals surface area (Å²) in [6, 6.07) is 3.48. The largest absolute Gasteiger partial charge is 0.478 e. The second kappa shape index (κ2) is 8.11. The molecule has 28 heavy (non-hydrogen) atoms. The maximum atomic E-state index is 12.8. The number of halogens is 1. The minimum atomic E-state index is -1.23. The van der Waals surface area contributed by atoms with Gasteiger partial charge in [-0.25, -0.2) is 9.59 Å². The fourth-order valence-electron chi connectivity index (χ4n) is 2.63. The summed E-state index contributed by atoms with van der Waals surface area (Å²) in [6.07, 6.45) is 0. The number of nitro groups is 1. The Labute approximate surface area is 171 Å². The number of nitro benzene ring substituents is 1. The third-order valence-electron chi connectivity index (χ3n) is 4.47. The zero-order chi connectivity index (χ0) is 21.3. The van der Waals surface area contributed by atoms with E-state index in [1.54, 1.807) is 20.9 Å². The van der Waals surface area contributed by atoms with Gasteiger partial charge in [0.05, 0.1) is 22.7 Å². The van der Waals surface area contributed by atoms with Crippen LogP contribution in [0, 0.1) is 10.1 Å². The van der Waals surface area contributed by atoms with Crippen molar-refractivity contribution in [2.24, 2.45) is 0 Å². The number of carbonyl (C=O) groups is 2. The number of anilines is 1. The van der Waals surface area contributed by atoms with Gasteiger partial charge >= 0.3 is 12.0 Å². The lowest BCUT2D eigenvalue weighted by Gasteiger charge is -2.40. The van der Waals surface area contributed by atoms with Crippen molar-refractivity contribution in [2.75, 3.05) is 18.5 Å². The molecule has 1 aromatic carbocycles. The number of rotatable bonds is 4. The molecule has 0 aliphatic carbocycles. The van der Waals surface area contributed by atoms with E-state index >= 15 is 0 Å². The minimum absolute atomic E-state index is 0.0117. The maximum Gasteiger partial charge on any atom is 0.335 e. The Morgan fingerprint density at radius 1 is 1.39 bits per heavy atom. The highest BCUT2D eigenvalue weighted by Crippen LogP contribution is 2.38. The SMILES string of the molecule is CC1=C(C(=O)O)CN(C(=O)N(C)C(C)C)C(=S)N1c1cccc([N+](=O)[O-])c1Cl. The summed E-state index contributed by atoms with van der Waals surface area (Å²) in [5.74, 6) is -1.23. The summed E-state index contributed by atoms with van der Waals surface area (Å²) in [5.41, 5.74) is -0.0611. The van der Waals surface area contributed by atoms with Crippen molar-refractivity contribution in [3.05, 3.63) is 44.6 Å². The van der Waals surface area contributed by atoms with Crippen LogP contribution in [0.5, 0.6) is 0 Å². The van der Waals surface area contributed by atoms with Crippen molar-refractivity contribution in [1.82, 2.24) is 9.80 Å². The molecule has 0 spiro atoms. The standard InChI is InChI=1S/C17H19ClN4O5S/c1-9(2)19(4)16(25)20-8-11(15(23)24)10(3)21(17(20)28)12-6-5-7-13(14(12)18)22(26)27/h5-7,9H,8H2,1-4H3,(H,23,24). The second-order valence-electron chi connectivity index (χ2n) is 6.43. The number of thiocarbonyl (C=S) groups is 1. The van der Waals surface area contributed by atoms with Gasteiger partial charge in [0, 0.05) is 24.9 Å². The van der Waals surface area contributed by atoms with Gasteiger partial charge in [-0.2, -0.15) is 0 Å². The van der Waals surface area contributed by atoms with Gasteiger partial charge in [0.25, 0.3) is 5.69 Å². The lowest BCUT2D eigenvalue weighted by atomic mass is 10.1. The molecule has 1 aliphatic heterocycles. The molecule has 1 aromatic rings. The quantitative estimate of drug-likeness (QED) is 0.446. The number of carboxylic acid groups (broad SMARTS) is 1. The molecule has 0 radical (unpaired) electrons. The third kappa shape index (κ3) is 3.78. The normalized spacial score (nSPS) is 14.6. The fraction of sp³-hybridized carbons (Fsp3) is 0.353. The number of carboxylic acids is 1. The second-order valence-corrected chi connectivity index (χ2v) is 7.17. The number of urea groups is 1. The molecule has 0 bridgehead atoms. The minimum Gasteiger partial charge on any atom is -0.478 e. The molecule has 0 saturated carbocycles. The number of allylic oxidation sites excluding steroid dienone is 1. The molecule has 0 aromatic heterocycles. The third-order valence-corrected chi connectivity index (χ3v) is 5.26. The summed E-state index contributed by atoms with van der Waals surface area (Å²) in [6.45, 7) is 4.90. The molecule has 1 aliphatic rings. The van der Waals surface area contributed by atoms with Crippen LogP contribution in [0.15, 0.2) is 29.5 Å². The topological polar surface area (TPSA) is 107 Å². The van der Waals surface area contributed by atoms with E-state index in [1.807, 2.05) is 0 Å². The molecule has 1 N–H and O–H groups in total. The van der Waals surface area contributed by atoms with Crippen LogP contribution in [0.25, 0.3) is 0 Å². The summed E-state index contributed by atoms with van der Waals surface area (Å²) in [7, 11) is 1.58. The lowest BCUT2D eigenvalue weighted by Crippen LogP contribution is -2.55. The molecule has 0 atom stereocenters. The Morgan fingerprint density at radius 2 is 2.00 bits per heavy atom. The Morgan fingerprint density at radius 3 is 2.50 bits per heavy atom. The first-order chi connectivity index (χ1) is 13.0. The van der Waals surface area contributed by atoms with E-state index in [4.69, 9.17) is 23.8 Å². The Kier molecular flexibility index (Phi) is 6.25. The van der Waals surface area contributed by atoms with Gasteiger partial charge in [0.1, 0.15) is 5.02 Å². The molecule has 11 heteroatoms. The first-order valence-electron chi connectivity index (χ1n) is 8.23. The van der Waals surface area contributed by atoms with Crippen molar-refractivity contribution in [2.45, 2.75) is 26.8 Å². The summed E-state index contributed by atoms with van der Waals surface area (Å²) in [4.78, 5) is 39.0. The smallest absolute Gasteiger partial charge is 0.335 e. The van der Waals surface area contributed by atoms with Crippen molar-refractivity contribution < 1.29 is 19.6 Å². The summed E-state index contributed by atoms with van der Waals surface area (Å²) >= 11 is 11.7. The molecular formula is C17H19ClN4O5S. The van der Waals surface area contributed by atoms with Crippen LogP contribution in [0.3, 0.4) is 0 Å². The van der Waals surface area contributed by atoms with Crippen LogP contribution in [0.4, 0.5) is 16.2 Å². The molecule has 2 rings (SSSR count). The predicted molar refractivity (Wildman–Crippen MR) is 109 cm³/mol. The first-order valence-corrected chi connectivity index (χ1v) is 9.02. The van der Waals surface area contributed by atoms with E-state index in [-0.39, 0.29) is 45.4 Å². The number of nitrogens with zero attached hydrogens (tertiary/aromatic N) is 4. The fourth-order valence-corrected chi connectivity index (χ4v) is 3.29. The predicted octanol–water partition coefficient (Wildman–Crippen LogP) is 3.47. The highest BCUT2D eigenvalue weighted by molar-refractivity contribution is 7.80. The average molecular weight is 427 g/mol. The number of carbonyl (C=O) groups excluding carboxylic acids is 1. The molecular weight excluding hydrogens is 408 g/mol. The van der Waals surface area contributed by atoms with E-state index < -0.39 is 16.9 Å². The Hall–Kier alpha value is -2.72. The number of amides is 2. The van der Waals surface area contributed by atoms with E-state index in [0.29, 0.717) is 0 Å². The van der Waals surface area contributed by atoms with Gasteiger partial charge in [-0.15, -0.1) is 0 Å². The highest BCUT2D eigenvalue weighted by Gasteiger charge is 2.37. The van der Waals surface area contributed by atoms with Crippen LogP contribution in [-0.2, 0) is 4.79 Å². The number of hydrogen-bond donors (Lipinski definition) is 1. The van der Waals surface area contributed by atoms with Gasteiger partial charge in [-0.05, 0) is 39.1 Å². The van der Waals surface area contributed by atoms with Crippen LogP contribution in [-0.4, -0.2) is 56.6 Å². The van der Waals surface area contributed by atoms with Gasteiger partial charge < -0.3 is 10.0 Å². The zero-order valence-corrected chi connectivity index (χ0v) is 17.2. The van der Waals surface area contributed by atoms with Crippen LogP contribution < -0.4 is 4.90 Å². The lowest BCUT2D eigenvalue weighted by molar-refractivity contribution is -0.384. The van der Waals surface area contributed by atoms with E-state index in [1.165, 1.54) is 34.9 Å². The monoisotopic (exact) mass is 426 g/mol. The van der Waals surface area contributed by atoms with E-state index in [9.17, 15) is 24.8 Å². The molecule has 150 valence electrons. The average Bonchev–Trinajstić information content (AvgIpc) is 2.61. The molecule has 2 amide bonds. The zero-order valence-electron chi connectivity index (χ0n) is 15.7. The molecule has 0 unspecified atom stereocenters. The van der Waals surface area contributed by atoms with Crippen molar-refractivity contribution >= 4 is 52.3 Å². The van der Waals surface area contributed by atoms with Crippen molar-refractivity contribution in [3.8, 4) is 0 Å². The number of aliphatic carboxylic acids is 1. The summed E-state index contributed by atoms with van der Waals surface area (Å²) < 4.78 is 0. The summed E-state index contributed by atoms with van der Waals surface area (Å²) in [5, 5.41) is 20.6. The van der Waals surface area contributed by atoms with Gasteiger partial charge in [0.2, 0.25) is 0 Å². The van der Waals surface area contributed by atoms with Crippen LogP contribution in [0.2, 0.25) is 5.02 Å². The first kappa shape index (κ1) is 21.6. The van der Waals surface area contributed by atoms with Gasteiger partial charge in [0.15, 0.2) is 5.11 Å². The van der Waals surface area contributed by atoms with Crippen molar-refractivity contribution in [3.63, 3.8) is 0 Å².